The van der Waals surface area contributed by atoms with Gasteiger partial charge in [-0.3, -0.25) is 4.57 Å². The lowest BCUT2D eigenvalue weighted by Gasteiger charge is -2.26. The van der Waals surface area contributed by atoms with Crippen molar-refractivity contribution in [2.45, 2.75) is 31.5 Å². The van der Waals surface area contributed by atoms with Gasteiger partial charge in [-0.05, 0) is 31.5 Å². The molecular formula is C17H28N5O3P. The Bertz CT molecular complexity index is 848. The first kappa shape index (κ1) is 19.2. The Kier molecular flexibility index (Phi) is 5.05. The van der Waals surface area contributed by atoms with Crippen molar-refractivity contribution >= 4 is 36.0 Å². The van der Waals surface area contributed by atoms with E-state index in [-0.39, 0.29) is 11.9 Å². The van der Waals surface area contributed by atoms with Gasteiger partial charge < -0.3 is 26.0 Å². The van der Waals surface area contributed by atoms with Gasteiger partial charge >= 0.3 is 0 Å². The standard InChI is InChI=1S/C17H28N5O3P/c1-9(8-26(3,4)5)14-12(23)13(24)16(25-14)22-15-11(21-17(22)18)10(19-2)6-7-20-15/h6-7,9,12-14,16,23-24H,3,8H2,1-2,4-5H3,(H2,18,21)(H,19,20)/t9?,12-,13+,14+,16+/m0/s1. The van der Waals surface area contributed by atoms with E-state index in [1.165, 1.54) is 0 Å². The second kappa shape index (κ2) is 6.85. The molecule has 0 spiro atoms. The fourth-order valence-electron chi connectivity index (χ4n) is 3.71. The molecule has 0 bridgehead atoms. The van der Waals surface area contributed by atoms with Gasteiger partial charge in [0.05, 0.1) is 11.8 Å². The van der Waals surface area contributed by atoms with Crippen LogP contribution in [0.15, 0.2) is 12.3 Å². The molecule has 2 aromatic heterocycles. The lowest BCUT2D eigenvalue weighted by molar-refractivity contribution is -0.0475. The number of ether oxygens (including phenoxy) is 1. The van der Waals surface area contributed by atoms with E-state index in [0.29, 0.717) is 11.2 Å². The Labute approximate surface area is 153 Å². The van der Waals surface area contributed by atoms with Crippen molar-refractivity contribution in [3.05, 3.63) is 12.3 Å². The summed E-state index contributed by atoms with van der Waals surface area (Å²) < 4.78 is 7.63. The second-order valence-corrected chi connectivity index (χ2v) is 11.9. The normalized spacial score (nSPS) is 27.8. The third-order valence-corrected chi connectivity index (χ3v) is 6.31. The van der Waals surface area contributed by atoms with E-state index < -0.39 is 31.4 Å². The highest BCUT2D eigenvalue weighted by Gasteiger charge is 2.47. The van der Waals surface area contributed by atoms with Crippen molar-refractivity contribution in [1.29, 1.82) is 0 Å². The number of nitrogen functional groups attached to an aromatic ring is 1. The summed E-state index contributed by atoms with van der Waals surface area (Å²) in [7, 11) is 1.79. The minimum atomic E-state index is -1.30. The molecule has 0 aromatic carbocycles. The topological polar surface area (TPSA) is 118 Å². The van der Waals surface area contributed by atoms with Crippen LogP contribution in [0.2, 0.25) is 0 Å². The first-order valence-electron chi connectivity index (χ1n) is 8.63. The van der Waals surface area contributed by atoms with Gasteiger partial charge in [0, 0.05) is 13.2 Å². The Morgan fingerprint density at radius 3 is 2.73 bits per heavy atom. The third kappa shape index (κ3) is 3.34. The van der Waals surface area contributed by atoms with Crippen LogP contribution in [0.1, 0.15) is 13.2 Å². The lowest BCUT2D eigenvalue weighted by Crippen LogP contribution is -2.36. The van der Waals surface area contributed by atoms with Crippen molar-refractivity contribution in [2.24, 2.45) is 5.92 Å². The first-order valence-corrected chi connectivity index (χ1v) is 11.7. The zero-order valence-electron chi connectivity index (χ0n) is 15.6. The molecule has 2 aromatic rings. The third-order valence-electron chi connectivity index (χ3n) is 4.75. The van der Waals surface area contributed by atoms with Gasteiger partial charge in [0.25, 0.3) is 0 Å². The van der Waals surface area contributed by atoms with Gasteiger partial charge in [0.15, 0.2) is 11.9 Å². The van der Waals surface area contributed by atoms with Crippen LogP contribution in [-0.4, -0.2) is 75.9 Å². The quantitative estimate of drug-likeness (QED) is 0.571. The molecular weight excluding hydrogens is 353 g/mol. The molecule has 0 radical (unpaired) electrons. The SMILES string of the molecule is C=P(C)(C)CC(C)[C@H]1O[C@@H](n2c(N)nc3c(NC)ccnc32)[C@H](O)[C@@H]1O. The number of imidazole rings is 1. The second-order valence-electron chi connectivity index (χ2n) is 7.69. The van der Waals surface area contributed by atoms with E-state index in [0.717, 1.165) is 11.8 Å². The van der Waals surface area contributed by atoms with E-state index in [1.54, 1.807) is 23.9 Å². The number of anilines is 2. The molecule has 9 heteroatoms. The molecule has 3 rings (SSSR count). The van der Waals surface area contributed by atoms with Crippen LogP contribution in [0.5, 0.6) is 0 Å². The van der Waals surface area contributed by atoms with Gasteiger partial charge in [0.1, 0.15) is 17.7 Å². The number of aromatic nitrogens is 3. The number of nitrogens with two attached hydrogens (primary N) is 1. The highest BCUT2D eigenvalue weighted by atomic mass is 31.2. The highest BCUT2D eigenvalue weighted by molar-refractivity contribution is 7.72. The van der Waals surface area contributed by atoms with Gasteiger partial charge in [-0.1, -0.05) is 6.92 Å². The van der Waals surface area contributed by atoms with E-state index >= 15 is 0 Å². The van der Waals surface area contributed by atoms with Gasteiger partial charge in [-0.2, -0.15) is 0 Å². The summed E-state index contributed by atoms with van der Waals surface area (Å²) in [6.45, 7) is 5.00. The predicted molar refractivity (Wildman–Crippen MR) is 107 cm³/mol. The van der Waals surface area contributed by atoms with Gasteiger partial charge in [-0.25, -0.2) is 9.97 Å². The van der Waals surface area contributed by atoms with Crippen LogP contribution >= 0.6 is 6.89 Å². The van der Waals surface area contributed by atoms with E-state index in [2.05, 4.69) is 34.9 Å². The number of fused-ring (bicyclic) bond motifs is 1. The number of hydrogen-bond acceptors (Lipinski definition) is 7. The minimum Gasteiger partial charge on any atom is -0.388 e. The molecule has 0 saturated carbocycles. The Balaban J connectivity index is 1.97. The molecule has 5 N–H and O–H groups in total. The average molecular weight is 381 g/mol. The molecule has 8 nitrogen and oxygen atoms in total. The first-order chi connectivity index (χ1) is 12.1. The van der Waals surface area contributed by atoms with Gasteiger partial charge in [0.2, 0.25) is 5.95 Å². The van der Waals surface area contributed by atoms with Gasteiger partial charge in [-0.15, -0.1) is 13.2 Å². The van der Waals surface area contributed by atoms with Crippen molar-refractivity contribution in [1.82, 2.24) is 14.5 Å². The smallest absolute Gasteiger partial charge is 0.204 e. The Morgan fingerprint density at radius 1 is 1.42 bits per heavy atom. The molecule has 3 heterocycles. The molecule has 1 saturated heterocycles. The zero-order chi connectivity index (χ0) is 19.2. The van der Waals surface area contributed by atoms with Crippen LogP contribution in [0.25, 0.3) is 11.2 Å². The largest absolute Gasteiger partial charge is 0.388 e. The zero-order valence-corrected chi connectivity index (χ0v) is 16.5. The van der Waals surface area contributed by atoms with E-state index in [4.69, 9.17) is 10.5 Å². The molecule has 1 aliphatic rings. The number of nitrogens with one attached hydrogen (secondary N) is 1. The summed E-state index contributed by atoms with van der Waals surface area (Å²) in [4.78, 5) is 8.70. The van der Waals surface area contributed by atoms with Crippen LogP contribution in [0.4, 0.5) is 11.6 Å². The number of aliphatic hydroxyl groups is 2. The highest BCUT2D eigenvalue weighted by Crippen LogP contribution is 2.43. The number of aliphatic hydroxyl groups excluding tert-OH is 2. The van der Waals surface area contributed by atoms with Crippen molar-refractivity contribution in [3.63, 3.8) is 0 Å². The maximum Gasteiger partial charge on any atom is 0.204 e. The van der Waals surface area contributed by atoms with Crippen LogP contribution in [0.3, 0.4) is 0 Å². The number of hydrogen-bond donors (Lipinski definition) is 4. The monoisotopic (exact) mass is 381 g/mol. The molecule has 1 aliphatic heterocycles. The number of rotatable bonds is 5. The van der Waals surface area contributed by atoms with Crippen molar-refractivity contribution < 1.29 is 14.9 Å². The maximum absolute atomic E-state index is 10.6. The molecule has 1 fully saturated rings. The number of nitrogens with zero attached hydrogens (tertiary/aromatic N) is 3. The Hall–Kier alpha value is -1.60. The average Bonchev–Trinajstić information content (AvgIpc) is 3.02. The van der Waals surface area contributed by atoms with Crippen LogP contribution in [0, 0.1) is 5.92 Å². The molecule has 144 valence electrons. The fraction of sp³-hybridized carbons (Fsp3) is 0.588. The molecule has 0 amide bonds. The fourth-order valence-corrected chi connectivity index (χ4v) is 5.48. The lowest BCUT2D eigenvalue weighted by atomic mass is 10.0. The maximum atomic E-state index is 10.6. The molecule has 5 atom stereocenters. The minimum absolute atomic E-state index is 0.0577. The number of pyridine rings is 1. The van der Waals surface area contributed by atoms with Crippen molar-refractivity contribution in [2.75, 3.05) is 37.6 Å². The summed E-state index contributed by atoms with van der Waals surface area (Å²) in [6.07, 6.45) is 3.26. The molecule has 1 unspecified atom stereocenters. The summed E-state index contributed by atoms with van der Waals surface area (Å²) in [6, 6.07) is 1.80. The van der Waals surface area contributed by atoms with E-state index in [1.807, 2.05) is 6.92 Å². The Morgan fingerprint density at radius 2 is 2.12 bits per heavy atom. The summed E-state index contributed by atoms with van der Waals surface area (Å²) >= 11 is 0. The van der Waals surface area contributed by atoms with Crippen LogP contribution < -0.4 is 11.1 Å². The summed E-state index contributed by atoms with van der Waals surface area (Å²) in [5, 5.41) is 24.2. The predicted octanol–water partition coefficient (Wildman–Crippen LogP) is 1.02. The molecule has 26 heavy (non-hydrogen) atoms. The van der Waals surface area contributed by atoms with E-state index in [9.17, 15) is 10.2 Å². The van der Waals surface area contributed by atoms with Crippen LogP contribution in [-0.2, 0) is 4.74 Å². The van der Waals surface area contributed by atoms with Crippen molar-refractivity contribution in [3.8, 4) is 0 Å². The summed E-state index contributed by atoms with van der Waals surface area (Å²) in [5.41, 5.74) is 7.97. The molecule has 0 aliphatic carbocycles. The summed E-state index contributed by atoms with van der Waals surface area (Å²) in [5.74, 6) is 0.243.